The van der Waals surface area contributed by atoms with E-state index >= 15 is 0 Å². The van der Waals surface area contributed by atoms with Gasteiger partial charge in [0.2, 0.25) is 5.91 Å². The molecule has 226 valence electrons. The van der Waals surface area contributed by atoms with Crippen LogP contribution in [-0.4, -0.2) is 83.0 Å². The predicted molar refractivity (Wildman–Crippen MR) is 152 cm³/mol. The molecule has 2 fully saturated rings. The van der Waals surface area contributed by atoms with E-state index in [1.54, 1.807) is 0 Å². The van der Waals surface area contributed by atoms with Crippen LogP contribution in [0.5, 0.6) is 0 Å². The van der Waals surface area contributed by atoms with E-state index in [-0.39, 0.29) is 34.8 Å². The number of imidazole rings is 1. The molecule has 2 aliphatic heterocycles. The number of hydrogen-bond donors (Lipinski definition) is 1. The number of halogens is 4. The van der Waals surface area contributed by atoms with Gasteiger partial charge >= 0.3 is 6.18 Å². The summed E-state index contributed by atoms with van der Waals surface area (Å²) in [6.07, 6.45) is -0.242. The molecule has 3 aromatic heterocycles. The molecule has 43 heavy (non-hydrogen) atoms. The van der Waals surface area contributed by atoms with Gasteiger partial charge in [-0.2, -0.15) is 13.2 Å². The summed E-state index contributed by atoms with van der Waals surface area (Å²) in [5.74, 6) is -1.37. The Labute approximate surface area is 250 Å². The molecule has 2 aliphatic rings. The van der Waals surface area contributed by atoms with Gasteiger partial charge in [-0.05, 0) is 24.1 Å². The highest BCUT2D eigenvalue weighted by Crippen LogP contribution is 2.39. The zero-order valence-electron chi connectivity index (χ0n) is 23.0. The fraction of sp³-hybridized carbons (Fsp3) is 0.367. The van der Waals surface area contributed by atoms with Gasteiger partial charge in [-0.25, -0.2) is 4.98 Å². The van der Waals surface area contributed by atoms with Crippen LogP contribution in [0.2, 0.25) is 5.15 Å². The van der Waals surface area contributed by atoms with Crippen LogP contribution in [-0.2, 0) is 15.7 Å². The maximum Gasteiger partial charge on any atom is 0.420 e. The van der Waals surface area contributed by atoms with Crippen LogP contribution in [0.25, 0.3) is 16.8 Å². The summed E-state index contributed by atoms with van der Waals surface area (Å²) in [4.78, 5) is 35.3. The summed E-state index contributed by atoms with van der Waals surface area (Å²) < 4.78 is 54.0. The number of carbonyl (C=O) groups excluding carboxylic acids is 2. The number of nitrogens with zero attached hydrogens (tertiary/aromatic N) is 4. The van der Waals surface area contributed by atoms with Crippen molar-refractivity contribution in [1.82, 2.24) is 24.5 Å². The van der Waals surface area contributed by atoms with Crippen molar-refractivity contribution >= 4 is 29.1 Å². The van der Waals surface area contributed by atoms with Crippen molar-refractivity contribution in [3.05, 3.63) is 83.2 Å². The monoisotopic (exact) mass is 615 g/mol. The smallest absolute Gasteiger partial charge is 0.420 e. The second-order valence-electron chi connectivity index (χ2n) is 10.6. The molecule has 6 rings (SSSR count). The molecule has 1 N–H and O–H groups in total. The molecule has 5 heterocycles. The van der Waals surface area contributed by atoms with Crippen LogP contribution in [0.4, 0.5) is 13.2 Å². The van der Waals surface area contributed by atoms with Crippen molar-refractivity contribution in [3.8, 4) is 11.1 Å². The second kappa shape index (κ2) is 12.0. The zero-order valence-corrected chi connectivity index (χ0v) is 23.8. The lowest BCUT2D eigenvalue weighted by Gasteiger charge is -2.29. The Hall–Kier alpha value is -3.87. The van der Waals surface area contributed by atoms with Crippen LogP contribution in [0.3, 0.4) is 0 Å². The topological polar surface area (TPSA) is 92.3 Å². The Balaban J connectivity index is 1.33. The number of pyridine rings is 1. The number of carbonyl (C=O) groups is 2. The summed E-state index contributed by atoms with van der Waals surface area (Å²) in [5.41, 5.74) is -0.418. The van der Waals surface area contributed by atoms with E-state index < -0.39 is 29.3 Å². The van der Waals surface area contributed by atoms with E-state index in [1.165, 1.54) is 29.7 Å². The molecule has 13 heteroatoms. The SMILES string of the molecule is O=C(NCCN1CCOCC1)[C@H]1[C@@H](c2ccccc2)CCN1C(=O)c1nc2c(C(F)(F)F)cc(-c3ccoc3)cn2c1Cl. The van der Waals surface area contributed by atoms with E-state index in [4.69, 9.17) is 20.8 Å². The first-order chi connectivity index (χ1) is 20.7. The van der Waals surface area contributed by atoms with Gasteiger partial charge in [0.05, 0.1) is 31.3 Å². The van der Waals surface area contributed by atoms with Gasteiger partial charge in [-0.1, -0.05) is 41.9 Å². The van der Waals surface area contributed by atoms with Crippen LogP contribution >= 0.6 is 11.6 Å². The third-order valence-electron chi connectivity index (χ3n) is 8.01. The number of aromatic nitrogens is 2. The number of furan rings is 1. The molecule has 0 aliphatic carbocycles. The lowest BCUT2D eigenvalue weighted by Crippen LogP contribution is -2.50. The normalized spacial score (nSPS) is 19.7. The number of benzene rings is 1. The standard InChI is InChI=1S/C30H29ClF3N5O4/c31-26-24(36-27-23(30(32,33)34)16-21(17-39(26)27)20-7-13-43-18-20)29(41)38-9-6-22(19-4-2-1-3-5-19)25(38)28(40)35-8-10-37-11-14-42-15-12-37/h1-5,7,13,16-18,22,25H,6,8-12,14-15H2,(H,35,40)/t22-,25-/m1/s1. The first kappa shape index (κ1) is 29.2. The quantitative estimate of drug-likeness (QED) is 0.324. The van der Waals surface area contributed by atoms with Gasteiger partial charge in [-0.3, -0.25) is 18.9 Å². The van der Waals surface area contributed by atoms with Crippen molar-refractivity contribution < 1.29 is 31.9 Å². The van der Waals surface area contributed by atoms with Crippen molar-refractivity contribution in [2.75, 3.05) is 45.9 Å². The molecule has 2 atom stereocenters. The number of rotatable bonds is 7. The summed E-state index contributed by atoms with van der Waals surface area (Å²) in [5, 5.41) is 2.70. The highest BCUT2D eigenvalue weighted by Gasteiger charge is 2.44. The molecule has 2 amide bonds. The number of likely N-dealkylation sites (tertiary alicyclic amines) is 1. The maximum absolute atomic E-state index is 14.2. The molecule has 9 nitrogen and oxygen atoms in total. The van der Waals surface area contributed by atoms with Crippen molar-refractivity contribution in [2.45, 2.75) is 24.6 Å². The zero-order chi connectivity index (χ0) is 30.1. The van der Waals surface area contributed by atoms with Crippen LogP contribution in [0.1, 0.15) is 34.0 Å². The minimum atomic E-state index is -4.77. The Bertz CT molecular complexity index is 1600. The van der Waals surface area contributed by atoms with Crippen LogP contribution in [0.15, 0.2) is 65.6 Å². The number of nitrogens with one attached hydrogen (secondary N) is 1. The third kappa shape index (κ3) is 5.86. The second-order valence-corrected chi connectivity index (χ2v) is 10.9. The fourth-order valence-electron chi connectivity index (χ4n) is 5.84. The molecule has 2 saturated heterocycles. The summed E-state index contributed by atoms with van der Waals surface area (Å²) in [7, 11) is 0. The lowest BCUT2D eigenvalue weighted by molar-refractivity contribution is -0.136. The first-order valence-electron chi connectivity index (χ1n) is 14.0. The van der Waals surface area contributed by atoms with Gasteiger partial charge in [0.25, 0.3) is 5.91 Å². The molecular weight excluding hydrogens is 587 g/mol. The fourth-order valence-corrected chi connectivity index (χ4v) is 6.10. The average Bonchev–Trinajstić information content (AvgIpc) is 3.77. The van der Waals surface area contributed by atoms with E-state index in [2.05, 4.69) is 15.2 Å². The molecule has 0 unspecified atom stereocenters. The van der Waals surface area contributed by atoms with E-state index in [0.717, 1.165) is 29.1 Å². The van der Waals surface area contributed by atoms with Crippen molar-refractivity contribution in [2.24, 2.45) is 0 Å². The third-order valence-corrected chi connectivity index (χ3v) is 8.37. The molecule has 0 radical (unpaired) electrons. The predicted octanol–water partition coefficient (Wildman–Crippen LogP) is 4.71. The summed E-state index contributed by atoms with van der Waals surface area (Å²) >= 11 is 6.58. The average molecular weight is 616 g/mol. The highest BCUT2D eigenvalue weighted by atomic mass is 35.5. The van der Waals surface area contributed by atoms with Gasteiger partial charge in [-0.15, -0.1) is 0 Å². The number of alkyl halides is 3. The highest BCUT2D eigenvalue weighted by molar-refractivity contribution is 6.33. The minimum Gasteiger partial charge on any atom is -0.472 e. The van der Waals surface area contributed by atoms with Crippen LogP contribution in [0, 0.1) is 0 Å². The van der Waals surface area contributed by atoms with Gasteiger partial charge in [0.1, 0.15) is 11.2 Å². The number of morpholine rings is 1. The van der Waals surface area contributed by atoms with Gasteiger partial charge < -0.3 is 19.4 Å². The molecule has 0 saturated carbocycles. The largest absolute Gasteiger partial charge is 0.472 e. The summed E-state index contributed by atoms with van der Waals surface area (Å²) in [6.45, 7) is 4.01. The molecule has 4 aromatic rings. The van der Waals surface area contributed by atoms with Crippen LogP contribution < -0.4 is 5.32 Å². The number of hydrogen-bond acceptors (Lipinski definition) is 6. The lowest BCUT2D eigenvalue weighted by atomic mass is 9.91. The Kier molecular flexibility index (Phi) is 8.17. The Morgan fingerprint density at radius 1 is 1.07 bits per heavy atom. The van der Waals surface area contributed by atoms with Gasteiger partial charge in [0, 0.05) is 56.0 Å². The van der Waals surface area contributed by atoms with Gasteiger partial charge in [0.15, 0.2) is 11.3 Å². The number of ether oxygens (including phenoxy) is 1. The van der Waals surface area contributed by atoms with Crippen molar-refractivity contribution in [1.29, 1.82) is 0 Å². The number of amides is 2. The Morgan fingerprint density at radius 3 is 2.53 bits per heavy atom. The van der Waals surface area contributed by atoms with Crippen molar-refractivity contribution in [3.63, 3.8) is 0 Å². The minimum absolute atomic E-state index is 0.190. The molecule has 0 bridgehead atoms. The maximum atomic E-state index is 14.2. The molecule has 1 aromatic carbocycles. The molecule has 0 spiro atoms. The summed E-state index contributed by atoms with van der Waals surface area (Å²) in [6, 6.07) is 11.0. The van der Waals surface area contributed by atoms with E-state index in [0.29, 0.717) is 38.3 Å². The molecular formula is C30H29ClF3N5O4. The number of fused-ring (bicyclic) bond motifs is 1. The Morgan fingerprint density at radius 2 is 1.84 bits per heavy atom. The van der Waals surface area contributed by atoms with E-state index in [1.807, 2.05) is 30.3 Å². The van der Waals surface area contributed by atoms with E-state index in [9.17, 15) is 22.8 Å². The first-order valence-corrected chi connectivity index (χ1v) is 14.4.